The smallest absolute Gasteiger partial charge is 0.333 e. The predicted molar refractivity (Wildman–Crippen MR) is 41.9 cm³/mol. The number of aliphatic hydroxyl groups is 1. The Balaban J connectivity index is 2.43. The van der Waals surface area contributed by atoms with Crippen molar-refractivity contribution in [3.05, 3.63) is 0 Å². The first-order chi connectivity index (χ1) is 6.15. The van der Waals surface area contributed by atoms with E-state index in [9.17, 15) is 14.7 Å². The lowest BCUT2D eigenvalue weighted by atomic mass is 10.4. The summed E-state index contributed by atoms with van der Waals surface area (Å²) in [6, 6.07) is 0. The maximum absolute atomic E-state index is 11.0. The molecule has 1 fully saturated rings. The van der Waals surface area contributed by atoms with Crippen LogP contribution >= 0.6 is 0 Å². The SMILES string of the molecule is NCCC(=O)ON1C(=O)CCC1O. The molecule has 0 saturated carbocycles. The number of hydrogen-bond acceptors (Lipinski definition) is 5. The molecular formula is C7H12N2O4. The summed E-state index contributed by atoms with van der Waals surface area (Å²) in [7, 11) is 0. The second-order valence-corrected chi connectivity index (χ2v) is 2.74. The summed E-state index contributed by atoms with van der Waals surface area (Å²) in [4.78, 5) is 26.5. The van der Waals surface area contributed by atoms with Crippen LogP contribution in [0.1, 0.15) is 19.3 Å². The quantitative estimate of drug-likeness (QED) is 0.576. The Morgan fingerprint density at radius 2 is 2.46 bits per heavy atom. The monoisotopic (exact) mass is 188 g/mol. The van der Waals surface area contributed by atoms with Gasteiger partial charge in [-0.15, -0.1) is 5.06 Å². The number of nitrogens with zero attached hydrogens (tertiary/aromatic N) is 1. The molecule has 1 rings (SSSR count). The number of carbonyl (C=O) groups excluding carboxylic acids is 2. The highest BCUT2D eigenvalue weighted by Crippen LogP contribution is 2.16. The van der Waals surface area contributed by atoms with Gasteiger partial charge in [-0.05, 0) is 0 Å². The molecular weight excluding hydrogens is 176 g/mol. The lowest BCUT2D eigenvalue weighted by Crippen LogP contribution is -2.35. The molecule has 0 spiro atoms. The number of amides is 1. The van der Waals surface area contributed by atoms with Crippen LogP contribution in [0.4, 0.5) is 0 Å². The second kappa shape index (κ2) is 4.20. The third kappa shape index (κ3) is 2.40. The third-order valence-electron chi connectivity index (χ3n) is 1.68. The molecule has 0 aromatic rings. The van der Waals surface area contributed by atoms with Crippen LogP contribution in [0.2, 0.25) is 0 Å². The van der Waals surface area contributed by atoms with Crippen LogP contribution in [0.5, 0.6) is 0 Å². The van der Waals surface area contributed by atoms with Gasteiger partial charge in [0.25, 0.3) is 5.91 Å². The summed E-state index contributed by atoms with van der Waals surface area (Å²) in [6.07, 6.45) is -0.461. The van der Waals surface area contributed by atoms with Gasteiger partial charge >= 0.3 is 5.97 Å². The Hall–Kier alpha value is -1.14. The van der Waals surface area contributed by atoms with Crippen LogP contribution in [0, 0.1) is 0 Å². The van der Waals surface area contributed by atoms with Gasteiger partial charge in [0.15, 0.2) is 6.23 Å². The molecule has 3 N–H and O–H groups in total. The Morgan fingerprint density at radius 3 is 2.92 bits per heavy atom. The van der Waals surface area contributed by atoms with Gasteiger partial charge in [-0.3, -0.25) is 4.79 Å². The van der Waals surface area contributed by atoms with Crippen LogP contribution in [-0.2, 0) is 14.4 Å². The van der Waals surface area contributed by atoms with Crippen molar-refractivity contribution in [1.82, 2.24) is 5.06 Å². The summed E-state index contributed by atoms with van der Waals surface area (Å²) in [5, 5.41) is 9.88. The predicted octanol–water partition coefficient (Wildman–Crippen LogP) is -1.27. The molecule has 0 aliphatic carbocycles. The number of rotatable bonds is 3. The third-order valence-corrected chi connectivity index (χ3v) is 1.68. The zero-order chi connectivity index (χ0) is 9.84. The van der Waals surface area contributed by atoms with E-state index in [1.165, 1.54) is 0 Å². The molecule has 1 amide bonds. The molecule has 0 aromatic heterocycles. The van der Waals surface area contributed by atoms with Crippen molar-refractivity contribution in [3.63, 3.8) is 0 Å². The van der Waals surface area contributed by atoms with Crippen LogP contribution in [0.15, 0.2) is 0 Å². The van der Waals surface area contributed by atoms with E-state index in [2.05, 4.69) is 4.84 Å². The van der Waals surface area contributed by atoms with E-state index in [0.717, 1.165) is 0 Å². The molecule has 0 radical (unpaired) electrons. The number of aliphatic hydroxyl groups excluding tert-OH is 1. The van der Waals surface area contributed by atoms with Crippen molar-refractivity contribution in [3.8, 4) is 0 Å². The molecule has 0 bridgehead atoms. The summed E-state index contributed by atoms with van der Waals surface area (Å²) in [5.41, 5.74) is 5.11. The molecule has 6 nitrogen and oxygen atoms in total. The largest absolute Gasteiger partial charge is 0.370 e. The lowest BCUT2D eigenvalue weighted by molar-refractivity contribution is -0.220. The minimum atomic E-state index is -1.01. The van der Waals surface area contributed by atoms with Crippen LogP contribution in [0.25, 0.3) is 0 Å². The fraction of sp³-hybridized carbons (Fsp3) is 0.714. The summed E-state index contributed by atoms with van der Waals surface area (Å²) in [5.74, 6) is -0.977. The first-order valence-electron chi connectivity index (χ1n) is 4.06. The summed E-state index contributed by atoms with van der Waals surface area (Å²) >= 11 is 0. The van der Waals surface area contributed by atoms with Gasteiger partial charge in [0.05, 0.1) is 6.42 Å². The molecule has 13 heavy (non-hydrogen) atoms. The van der Waals surface area contributed by atoms with Crippen molar-refractivity contribution >= 4 is 11.9 Å². The number of hydroxylamine groups is 2. The van der Waals surface area contributed by atoms with Gasteiger partial charge in [-0.2, -0.15) is 0 Å². The first-order valence-corrected chi connectivity index (χ1v) is 4.06. The van der Waals surface area contributed by atoms with E-state index < -0.39 is 12.2 Å². The maximum Gasteiger partial charge on any atom is 0.333 e. The van der Waals surface area contributed by atoms with Gasteiger partial charge in [0.2, 0.25) is 0 Å². The molecule has 1 unspecified atom stereocenters. The van der Waals surface area contributed by atoms with E-state index in [0.29, 0.717) is 11.5 Å². The van der Waals surface area contributed by atoms with Crippen LogP contribution in [0.3, 0.4) is 0 Å². The number of carbonyl (C=O) groups is 2. The molecule has 1 saturated heterocycles. The van der Waals surface area contributed by atoms with Crippen molar-refractivity contribution in [2.45, 2.75) is 25.5 Å². The Kier molecular flexibility index (Phi) is 3.21. The molecule has 74 valence electrons. The van der Waals surface area contributed by atoms with Gasteiger partial charge in [-0.25, -0.2) is 4.79 Å². The van der Waals surface area contributed by atoms with Crippen molar-refractivity contribution in [2.75, 3.05) is 6.54 Å². The normalized spacial score (nSPS) is 22.2. The molecule has 1 heterocycles. The van der Waals surface area contributed by atoms with Crippen LogP contribution < -0.4 is 5.73 Å². The van der Waals surface area contributed by atoms with E-state index in [4.69, 9.17) is 5.73 Å². The van der Waals surface area contributed by atoms with E-state index >= 15 is 0 Å². The van der Waals surface area contributed by atoms with E-state index in [1.807, 2.05) is 0 Å². The average molecular weight is 188 g/mol. The van der Waals surface area contributed by atoms with Crippen molar-refractivity contribution < 1.29 is 19.5 Å². The first kappa shape index (κ1) is 9.94. The number of nitrogens with two attached hydrogens (primary N) is 1. The standard InChI is InChI=1S/C7H12N2O4/c8-4-3-7(12)13-9-5(10)1-2-6(9)11/h5,10H,1-4,8H2. The molecule has 1 atom stereocenters. The zero-order valence-corrected chi connectivity index (χ0v) is 7.10. The van der Waals surface area contributed by atoms with E-state index in [1.54, 1.807) is 0 Å². The maximum atomic E-state index is 11.0. The minimum Gasteiger partial charge on any atom is -0.370 e. The van der Waals surface area contributed by atoms with Crippen LogP contribution in [-0.4, -0.2) is 34.8 Å². The van der Waals surface area contributed by atoms with Gasteiger partial charge in [-0.1, -0.05) is 0 Å². The highest BCUT2D eigenvalue weighted by atomic mass is 16.7. The average Bonchev–Trinajstić information content (AvgIpc) is 2.36. The van der Waals surface area contributed by atoms with Crippen molar-refractivity contribution in [2.24, 2.45) is 5.73 Å². The van der Waals surface area contributed by atoms with Gasteiger partial charge in [0, 0.05) is 19.4 Å². The Labute approximate surface area is 75.2 Å². The van der Waals surface area contributed by atoms with Crippen molar-refractivity contribution in [1.29, 1.82) is 0 Å². The Bertz CT molecular complexity index is 219. The summed E-state index contributed by atoms with van der Waals surface area (Å²) in [6.45, 7) is 0.164. The molecule has 6 heteroatoms. The highest BCUT2D eigenvalue weighted by molar-refractivity contribution is 5.79. The zero-order valence-electron chi connectivity index (χ0n) is 7.10. The fourth-order valence-corrected chi connectivity index (χ4v) is 1.03. The topological polar surface area (TPSA) is 92.9 Å². The highest BCUT2D eigenvalue weighted by Gasteiger charge is 2.32. The molecule has 0 aromatic carbocycles. The summed E-state index contributed by atoms with van der Waals surface area (Å²) < 4.78 is 0. The number of hydrogen-bond donors (Lipinski definition) is 2. The van der Waals surface area contributed by atoms with Gasteiger partial charge in [0.1, 0.15) is 0 Å². The lowest BCUT2D eigenvalue weighted by Gasteiger charge is -2.18. The molecule has 1 aliphatic rings. The molecule has 1 aliphatic heterocycles. The van der Waals surface area contributed by atoms with E-state index in [-0.39, 0.29) is 25.3 Å². The van der Waals surface area contributed by atoms with Gasteiger partial charge < -0.3 is 15.7 Å². The second-order valence-electron chi connectivity index (χ2n) is 2.74. The minimum absolute atomic E-state index is 0.0382. The fourth-order valence-electron chi connectivity index (χ4n) is 1.03. The Morgan fingerprint density at radius 1 is 1.77 bits per heavy atom.